The average Bonchev–Trinajstić information content (AvgIpc) is 3.11. The van der Waals surface area contributed by atoms with E-state index in [0.29, 0.717) is 25.9 Å². The van der Waals surface area contributed by atoms with Crippen LogP contribution >= 0.6 is 0 Å². The summed E-state index contributed by atoms with van der Waals surface area (Å²) in [4.78, 5) is 13.6. The zero-order valence-corrected chi connectivity index (χ0v) is 11.9. The zero-order valence-electron chi connectivity index (χ0n) is 11.9. The number of amides is 1. The van der Waals surface area contributed by atoms with Crippen LogP contribution in [-0.4, -0.2) is 42.4 Å². The van der Waals surface area contributed by atoms with Crippen LogP contribution in [0.25, 0.3) is 0 Å². The Morgan fingerprint density at radius 1 is 1.47 bits per heavy atom. The molecule has 5 heteroatoms. The van der Waals surface area contributed by atoms with Crippen molar-refractivity contribution in [3.8, 4) is 6.07 Å². The number of epoxide rings is 1. The van der Waals surface area contributed by atoms with Gasteiger partial charge in [-0.3, -0.25) is 0 Å². The van der Waals surface area contributed by atoms with Crippen molar-refractivity contribution < 1.29 is 14.3 Å². The van der Waals surface area contributed by atoms with Gasteiger partial charge in [0.05, 0.1) is 24.2 Å². The van der Waals surface area contributed by atoms with E-state index in [1.54, 1.807) is 4.90 Å². The van der Waals surface area contributed by atoms with Crippen LogP contribution in [0.5, 0.6) is 0 Å². The third kappa shape index (κ3) is 3.84. The van der Waals surface area contributed by atoms with Crippen LogP contribution in [0.15, 0.2) is 0 Å². The molecule has 0 aromatic carbocycles. The van der Waals surface area contributed by atoms with E-state index >= 15 is 0 Å². The summed E-state index contributed by atoms with van der Waals surface area (Å²) in [7, 11) is 0. The van der Waals surface area contributed by atoms with Gasteiger partial charge in [-0.15, -0.1) is 0 Å². The maximum Gasteiger partial charge on any atom is 0.410 e. The highest BCUT2D eigenvalue weighted by Gasteiger charge is 2.42. The summed E-state index contributed by atoms with van der Waals surface area (Å²) in [5.74, 6) is 0. The van der Waals surface area contributed by atoms with Gasteiger partial charge in [0.15, 0.2) is 0 Å². The number of carbonyl (C=O) groups is 1. The molecule has 2 saturated heterocycles. The van der Waals surface area contributed by atoms with Crippen molar-refractivity contribution in [3.05, 3.63) is 0 Å². The number of piperidine rings is 1. The Hall–Kier alpha value is -1.28. The summed E-state index contributed by atoms with van der Waals surface area (Å²) in [6.45, 7) is 7.54. The predicted octanol–water partition coefficient (Wildman–Crippen LogP) is 2.32. The first-order valence-corrected chi connectivity index (χ1v) is 6.84. The molecule has 2 rings (SSSR count). The van der Waals surface area contributed by atoms with E-state index < -0.39 is 5.60 Å². The Morgan fingerprint density at radius 2 is 2.05 bits per heavy atom. The molecule has 2 fully saturated rings. The van der Waals surface area contributed by atoms with Crippen LogP contribution < -0.4 is 0 Å². The van der Waals surface area contributed by atoms with Crippen molar-refractivity contribution in [2.24, 2.45) is 5.41 Å². The molecule has 0 radical (unpaired) electrons. The van der Waals surface area contributed by atoms with Gasteiger partial charge in [-0.2, -0.15) is 5.26 Å². The van der Waals surface area contributed by atoms with E-state index in [4.69, 9.17) is 9.47 Å². The molecule has 0 aromatic rings. The minimum Gasteiger partial charge on any atom is -0.444 e. The van der Waals surface area contributed by atoms with E-state index in [1.165, 1.54) is 0 Å². The summed E-state index contributed by atoms with van der Waals surface area (Å²) in [5, 5.41) is 9.39. The third-order valence-electron chi connectivity index (χ3n) is 3.63. The lowest BCUT2D eigenvalue weighted by atomic mass is 9.76. The van der Waals surface area contributed by atoms with Gasteiger partial charge in [0.25, 0.3) is 0 Å². The fraction of sp³-hybridized carbons (Fsp3) is 0.857. The lowest BCUT2D eigenvalue weighted by Crippen LogP contribution is -2.45. The van der Waals surface area contributed by atoms with Gasteiger partial charge in [-0.05, 0) is 40.0 Å². The predicted molar refractivity (Wildman–Crippen MR) is 69.4 cm³/mol. The zero-order chi connectivity index (χ0) is 14.1. The van der Waals surface area contributed by atoms with Crippen LogP contribution in [0, 0.1) is 16.7 Å². The molecular weight excluding hydrogens is 244 g/mol. The third-order valence-corrected chi connectivity index (χ3v) is 3.63. The van der Waals surface area contributed by atoms with Crippen molar-refractivity contribution in [1.82, 2.24) is 4.90 Å². The lowest BCUT2D eigenvalue weighted by Gasteiger charge is -2.37. The molecule has 106 valence electrons. The van der Waals surface area contributed by atoms with Crippen molar-refractivity contribution in [3.63, 3.8) is 0 Å². The molecule has 1 atom stereocenters. The number of rotatable bonds is 2. The molecule has 0 bridgehead atoms. The number of likely N-dealkylation sites (tertiary alicyclic amines) is 1. The molecule has 19 heavy (non-hydrogen) atoms. The van der Waals surface area contributed by atoms with E-state index in [0.717, 1.165) is 13.0 Å². The highest BCUT2D eigenvalue weighted by Crippen LogP contribution is 2.38. The van der Waals surface area contributed by atoms with Crippen molar-refractivity contribution in [1.29, 1.82) is 5.26 Å². The summed E-state index contributed by atoms with van der Waals surface area (Å²) in [5.41, 5.74) is -0.789. The van der Waals surface area contributed by atoms with Crippen molar-refractivity contribution in [2.45, 2.75) is 51.7 Å². The number of hydrogen-bond acceptors (Lipinski definition) is 4. The first-order valence-electron chi connectivity index (χ1n) is 6.84. The van der Waals surface area contributed by atoms with Crippen LogP contribution in [0.1, 0.15) is 40.0 Å². The van der Waals surface area contributed by atoms with Crippen LogP contribution in [0.2, 0.25) is 0 Å². The molecule has 0 spiro atoms. The first kappa shape index (κ1) is 14.1. The maximum absolute atomic E-state index is 11.9. The second-order valence-corrected chi connectivity index (χ2v) is 6.52. The Bertz CT molecular complexity index is 382. The quantitative estimate of drug-likeness (QED) is 0.719. The lowest BCUT2D eigenvalue weighted by molar-refractivity contribution is 0.0138. The second-order valence-electron chi connectivity index (χ2n) is 6.52. The first-order chi connectivity index (χ1) is 8.84. The smallest absolute Gasteiger partial charge is 0.410 e. The molecule has 5 nitrogen and oxygen atoms in total. The molecule has 2 aliphatic heterocycles. The SMILES string of the molecule is CC(C)(C)OC(=O)N1CCC(C#N)(CC2CO2)CC1. The van der Waals surface area contributed by atoms with E-state index in [2.05, 4.69) is 6.07 Å². The largest absolute Gasteiger partial charge is 0.444 e. The minimum atomic E-state index is -0.470. The molecule has 1 unspecified atom stereocenters. The van der Waals surface area contributed by atoms with Gasteiger partial charge in [-0.25, -0.2) is 4.79 Å². The van der Waals surface area contributed by atoms with E-state index in [9.17, 15) is 10.1 Å². The van der Waals surface area contributed by atoms with E-state index in [-0.39, 0.29) is 17.6 Å². The Balaban J connectivity index is 1.87. The fourth-order valence-corrected chi connectivity index (χ4v) is 2.43. The van der Waals surface area contributed by atoms with Crippen LogP contribution in [0.4, 0.5) is 4.79 Å². The molecule has 1 amide bonds. The standard InChI is InChI=1S/C14H22N2O3/c1-13(2,3)19-12(17)16-6-4-14(10-15,5-7-16)8-11-9-18-11/h11H,4-9H2,1-3H3. The van der Waals surface area contributed by atoms with Gasteiger partial charge in [0.1, 0.15) is 5.60 Å². The van der Waals surface area contributed by atoms with Gasteiger partial charge in [0.2, 0.25) is 0 Å². The minimum absolute atomic E-state index is 0.257. The van der Waals surface area contributed by atoms with Crippen LogP contribution in [-0.2, 0) is 9.47 Å². The molecule has 2 heterocycles. The summed E-state index contributed by atoms with van der Waals surface area (Å²) < 4.78 is 10.6. The maximum atomic E-state index is 11.9. The topological polar surface area (TPSA) is 65.9 Å². The number of nitriles is 1. The molecule has 2 aliphatic rings. The van der Waals surface area contributed by atoms with Gasteiger partial charge >= 0.3 is 6.09 Å². The molecule has 0 saturated carbocycles. The fourth-order valence-electron chi connectivity index (χ4n) is 2.43. The summed E-state index contributed by atoms with van der Waals surface area (Å²) >= 11 is 0. The Morgan fingerprint density at radius 3 is 2.47 bits per heavy atom. The van der Waals surface area contributed by atoms with Gasteiger partial charge in [0, 0.05) is 13.1 Å². The van der Waals surface area contributed by atoms with Gasteiger partial charge in [-0.1, -0.05) is 0 Å². The highest BCUT2D eigenvalue weighted by atomic mass is 16.6. The monoisotopic (exact) mass is 266 g/mol. The van der Waals surface area contributed by atoms with E-state index in [1.807, 2.05) is 20.8 Å². The highest BCUT2D eigenvalue weighted by molar-refractivity contribution is 5.68. The number of nitrogens with zero attached hydrogens (tertiary/aromatic N) is 2. The van der Waals surface area contributed by atoms with Crippen LogP contribution in [0.3, 0.4) is 0 Å². The summed E-state index contributed by atoms with van der Waals surface area (Å²) in [6.07, 6.45) is 2.20. The average molecular weight is 266 g/mol. The van der Waals surface area contributed by atoms with Crippen molar-refractivity contribution in [2.75, 3.05) is 19.7 Å². The number of hydrogen-bond donors (Lipinski definition) is 0. The molecular formula is C14H22N2O3. The normalized spacial score (nSPS) is 25.6. The summed E-state index contributed by atoms with van der Waals surface area (Å²) in [6, 6.07) is 2.44. The molecule has 0 aliphatic carbocycles. The number of carbonyl (C=O) groups excluding carboxylic acids is 1. The second kappa shape index (κ2) is 5.01. The Labute approximate surface area is 114 Å². The van der Waals surface area contributed by atoms with Crippen molar-refractivity contribution >= 4 is 6.09 Å². The molecule has 0 aromatic heterocycles. The molecule has 0 N–H and O–H groups in total. The van der Waals surface area contributed by atoms with Gasteiger partial charge < -0.3 is 14.4 Å². The Kier molecular flexibility index (Phi) is 3.73. The number of ether oxygens (including phenoxy) is 2.